The van der Waals surface area contributed by atoms with Crippen LogP contribution in [0.25, 0.3) is 0 Å². The second-order valence-electron chi connectivity index (χ2n) is 9.90. The fourth-order valence-corrected chi connectivity index (χ4v) is 6.92. The van der Waals surface area contributed by atoms with E-state index in [4.69, 9.17) is 4.99 Å². The Bertz CT molecular complexity index is 1180. The number of halogens is 2. The minimum Gasteiger partial charge on any atom is -0.370 e. The van der Waals surface area contributed by atoms with E-state index in [-0.39, 0.29) is 16.6 Å². The molecule has 0 amide bonds. The molecule has 8 heteroatoms. The molecule has 5 nitrogen and oxygen atoms in total. The lowest BCUT2D eigenvalue weighted by Gasteiger charge is -2.28. The molecule has 1 saturated carbocycles. The van der Waals surface area contributed by atoms with Gasteiger partial charge in [-0.15, -0.1) is 0 Å². The molecular weight excluding hydrogens is 456 g/mol. The molecule has 2 unspecified atom stereocenters. The van der Waals surface area contributed by atoms with Gasteiger partial charge < -0.3 is 5.32 Å². The zero-order chi connectivity index (χ0) is 23.7. The maximum atomic E-state index is 13.8. The van der Waals surface area contributed by atoms with Crippen LogP contribution in [0.2, 0.25) is 0 Å². The van der Waals surface area contributed by atoms with Gasteiger partial charge in [-0.2, -0.15) is 0 Å². The normalized spacial score (nSPS) is 27.8. The molecule has 3 aliphatic rings. The minimum absolute atomic E-state index is 0.160. The molecule has 2 atom stereocenters. The number of rotatable bonds is 6. The summed E-state index contributed by atoms with van der Waals surface area (Å²) in [5.41, 5.74) is 2.39. The third-order valence-electron chi connectivity index (χ3n) is 7.68. The molecule has 1 heterocycles. The van der Waals surface area contributed by atoms with Crippen LogP contribution >= 0.6 is 0 Å². The van der Waals surface area contributed by atoms with Crippen molar-refractivity contribution >= 4 is 15.9 Å². The highest BCUT2D eigenvalue weighted by Crippen LogP contribution is 2.38. The highest BCUT2D eigenvalue weighted by molar-refractivity contribution is 7.89. The summed E-state index contributed by atoms with van der Waals surface area (Å²) in [5.74, 6) is 1.31. The van der Waals surface area contributed by atoms with Gasteiger partial charge in [-0.05, 0) is 85.8 Å². The molecule has 2 aromatic carbocycles. The predicted molar refractivity (Wildman–Crippen MR) is 128 cm³/mol. The zero-order valence-electron chi connectivity index (χ0n) is 19.1. The van der Waals surface area contributed by atoms with Gasteiger partial charge in [0.15, 0.2) is 0 Å². The van der Waals surface area contributed by atoms with E-state index in [9.17, 15) is 17.2 Å². The molecule has 2 N–H and O–H groups in total. The Morgan fingerprint density at radius 3 is 2.56 bits per heavy atom. The van der Waals surface area contributed by atoms with Crippen molar-refractivity contribution in [3.63, 3.8) is 0 Å². The third-order valence-corrected chi connectivity index (χ3v) is 9.13. The lowest BCUT2D eigenvalue weighted by molar-refractivity contribution is 0.280. The summed E-state index contributed by atoms with van der Waals surface area (Å²) in [6, 6.07) is 11.0. The molecule has 0 spiro atoms. The van der Waals surface area contributed by atoms with E-state index in [1.165, 1.54) is 23.8 Å². The quantitative estimate of drug-likeness (QED) is 0.629. The number of amidine groups is 1. The zero-order valence-corrected chi connectivity index (χ0v) is 20.0. The van der Waals surface area contributed by atoms with Gasteiger partial charge >= 0.3 is 0 Å². The lowest BCUT2D eigenvalue weighted by Crippen LogP contribution is -2.33. The van der Waals surface area contributed by atoms with Crippen LogP contribution in [0.15, 0.2) is 52.4 Å². The smallest absolute Gasteiger partial charge is 0.243 e. The standard InChI is InChI=1S/C26H31F2N3O2S/c27-20-10-11-21-19(13-20)9-12-24-22(21)14-26(31-24)29-15-17-5-7-18(8-6-17)16-30-34(32,33)25-4-2-1-3-23(25)28/h1-4,10-11,13,17-18,22,24,30H,5-9,12,14-16H2,(H,29,31). The first-order chi connectivity index (χ1) is 16.4. The first-order valence-corrected chi connectivity index (χ1v) is 13.7. The Morgan fingerprint density at radius 2 is 1.76 bits per heavy atom. The van der Waals surface area contributed by atoms with Crippen LogP contribution in [-0.2, 0) is 16.4 Å². The summed E-state index contributed by atoms with van der Waals surface area (Å²) in [6.45, 7) is 1.12. The van der Waals surface area contributed by atoms with Gasteiger partial charge in [-0.1, -0.05) is 18.2 Å². The van der Waals surface area contributed by atoms with Crippen LogP contribution in [0.5, 0.6) is 0 Å². The van der Waals surface area contributed by atoms with Gasteiger partial charge in [0.2, 0.25) is 10.0 Å². The monoisotopic (exact) mass is 487 g/mol. The highest BCUT2D eigenvalue weighted by atomic mass is 32.2. The van der Waals surface area contributed by atoms with Crippen LogP contribution in [0.1, 0.15) is 55.6 Å². The molecule has 1 saturated heterocycles. The number of hydrogen-bond acceptors (Lipinski definition) is 3. The summed E-state index contributed by atoms with van der Waals surface area (Å²) in [6.07, 6.45) is 6.69. The van der Waals surface area contributed by atoms with Gasteiger partial charge in [0.25, 0.3) is 0 Å². The molecule has 0 aromatic heterocycles. The van der Waals surface area contributed by atoms with Gasteiger partial charge in [-0.25, -0.2) is 21.9 Å². The van der Waals surface area contributed by atoms with E-state index in [0.717, 1.165) is 69.0 Å². The van der Waals surface area contributed by atoms with E-state index < -0.39 is 15.8 Å². The Morgan fingerprint density at radius 1 is 1.00 bits per heavy atom. The maximum Gasteiger partial charge on any atom is 0.243 e. The second kappa shape index (κ2) is 9.74. The minimum atomic E-state index is -3.84. The van der Waals surface area contributed by atoms with Crippen LogP contribution in [-0.4, -0.2) is 33.4 Å². The van der Waals surface area contributed by atoms with Crippen LogP contribution < -0.4 is 10.0 Å². The number of fused-ring (bicyclic) bond motifs is 3. The number of nitrogens with zero attached hydrogens (tertiary/aromatic N) is 1. The molecule has 34 heavy (non-hydrogen) atoms. The van der Waals surface area contributed by atoms with Crippen molar-refractivity contribution in [2.24, 2.45) is 16.8 Å². The van der Waals surface area contributed by atoms with E-state index >= 15 is 0 Å². The van der Waals surface area contributed by atoms with Gasteiger partial charge in [0, 0.05) is 31.5 Å². The van der Waals surface area contributed by atoms with Crippen LogP contribution in [0, 0.1) is 23.5 Å². The summed E-state index contributed by atoms with van der Waals surface area (Å²) in [5, 5.41) is 3.60. The Balaban J connectivity index is 1.10. The maximum absolute atomic E-state index is 13.8. The van der Waals surface area contributed by atoms with Crippen LogP contribution in [0.4, 0.5) is 8.78 Å². The molecule has 2 fully saturated rings. The van der Waals surface area contributed by atoms with E-state index in [0.29, 0.717) is 24.4 Å². The van der Waals surface area contributed by atoms with Gasteiger partial charge in [-0.3, -0.25) is 4.99 Å². The number of hydrogen-bond donors (Lipinski definition) is 2. The number of benzene rings is 2. The molecule has 1 aliphatic heterocycles. The fourth-order valence-electron chi connectivity index (χ4n) is 5.72. The Labute approximate surface area is 200 Å². The number of sulfonamides is 1. The Hall–Kier alpha value is -2.32. The first kappa shape index (κ1) is 23.4. The van der Waals surface area contributed by atoms with Crippen LogP contribution in [0.3, 0.4) is 0 Å². The second-order valence-corrected chi connectivity index (χ2v) is 11.6. The number of aliphatic imine (C=N–C) groups is 1. The first-order valence-electron chi connectivity index (χ1n) is 12.2. The van der Waals surface area contributed by atoms with Crippen molar-refractivity contribution in [3.8, 4) is 0 Å². The van der Waals surface area contributed by atoms with Gasteiger partial charge in [0.05, 0.1) is 5.84 Å². The summed E-state index contributed by atoms with van der Waals surface area (Å²) < 4.78 is 54.9. The van der Waals surface area contributed by atoms with Crippen molar-refractivity contribution in [2.45, 2.75) is 61.8 Å². The summed E-state index contributed by atoms with van der Waals surface area (Å²) >= 11 is 0. The molecule has 182 valence electrons. The summed E-state index contributed by atoms with van der Waals surface area (Å²) in [7, 11) is -3.84. The lowest BCUT2D eigenvalue weighted by atomic mass is 9.80. The van der Waals surface area contributed by atoms with Crippen molar-refractivity contribution < 1.29 is 17.2 Å². The Kier molecular flexibility index (Phi) is 6.71. The number of aryl methyl sites for hydroxylation is 1. The molecular formula is C26H31F2N3O2S. The summed E-state index contributed by atoms with van der Waals surface area (Å²) in [4.78, 5) is 4.60. The predicted octanol–water partition coefficient (Wildman–Crippen LogP) is 4.54. The molecule has 5 rings (SSSR count). The molecule has 2 aliphatic carbocycles. The number of nitrogens with one attached hydrogen (secondary N) is 2. The molecule has 2 aromatic rings. The van der Waals surface area contributed by atoms with E-state index in [1.807, 2.05) is 6.07 Å². The third kappa shape index (κ3) is 5.03. The van der Waals surface area contributed by atoms with Gasteiger partial charge in [0.1, 0.15) is 16.5 Å². The topological polar surface area (TPSA) is 70.6 Å². The largest absolute Gasteiger partial charge is 0.370 e. The molecule has 0 bridgehead atoms. The molecule has 0 radical (unpaired) electrons. The average molecular weight is 488 g/mol. The van der Waals surface area contributed by atoms with E-state index in [1.54, 1.807) is 12.1 Å². The highest BCUT2D eigenvalue weighted by Gasteiger charge is 2.36. The fraction of sp³-hybridized carbons (Fsp3) is 0.500. The van der Waals surface area contributed by atoms with Crippen molar-refractivity contribution in [1.82, 2.24) is 10.0 Å². The van der Waals surface area contributed by atoms with E-state index in [2.05, 4.69) is 10.0 Å². The SMILES string of the molecule is O=S(=O)(NCC1CCC(CN=C2CC3c4ccc(F)cc4CCC3N2)CC1)c1ccccc1F. The van der Waals surface area contributed by atoms with Crippen molar-refractivity contribution in [2.75, 3.05) is 13.1 Å². The van der Waals surface area contributed by atoms with Crippen molar-refractivity contribution in [1.29, 1.82) is 0 Å². The average Bonchev–Trinajstić information content (AvgIpc) is 3.26. The van der Waals surface area contributed by atoms with Crippen molar-refractivity contribution in [3.05, 3.63) is 65.2 Å².